The molecule has 1 aromatic carbocycles. The summed E-state index contributed by atoms with van der Waals surface area (Å²) in [5.74, 6) is 0.904. The predicted octanol–water partition coefficient (Wildman–Crippen LogP) is 1.35. The van der Waals surface area contributed by atoms with Crippen molar-refractivity contribution in [1.29, 1.82) is 0 Å². The molecule has 3 amide bonds. The number of piperazine rings is 1. The van der Waals surface area contributed by atoms with Crippen LogP contribution < -0.4 is 15.5 Å². The van der Waals surface area contributed by atoms with Gasteiger partial charge < -0.3 is 20.4 Å². The average Bonchev–Trinajstić information content (AvgIpc) is 2.74. The van der Waals surface area contributed by atoms with Crippen LogP contribution in [0.2, 0.25) is 0 Å². The molecule has 30 heavy (non-hydrogen) atoms. The third-order valence-electron chi connectivity index (χ3n) is 4.77. The summed E-state index contributed by atoms with van der Waals surface area (Å²) in [5.41, 5.74) is 0.469. The summed E-state index contributed by atoms with van der Waals surface area (Å²) in [6.07, 6.45) is 3.09. The van der Waals surface area contributed by atoms with Crippen LogP contribution in [0.1, 0.15) is 6.42 Å². The van der Waals surface area contributed by atoms with Crippen molar-refractivity contribution >= 4 is 33.3 Å². The minimum atomic E-state index is -3.28. The Hall–Kier alpha value is -3.14. The van der Waals surface area contributed by atoms with Crippen molar-refractivity contribution in [2.24, 2.45) is 0 Å². The third-order valence-corrected chi connectivity index (χ3v) is 5.90. The molecule has 1 aromatic heterocycles. The molecule has 1 fully saturated rings. The Bertz CT molecular complexity index is 972. The Labute approximate surface area is 176 Å². The highest BCUT2D eigenvalue weighted by atomic mass is 32.2. The van der Waals surface area contributed by atoms with Crippen LogP contribution in [0.25, 0.3) is 0 Å². The number of sulfone groups is 1. The van der Waals surface area contributed by atoms with Crippen molar-refractivity contribution in [1.82, 2.24) is 15.2 Å². The number of nitrogens with zero attached hydrogens (tertiary/aromatic N) is 3. The number of urea groups is 1. The number of nitrogens with one attached hydrogen (secondary N) is 2. The minimum Gasteiger partial charge on any atom is -0.353 e. The van der Waals surface area contributed by atoms with E-state index in [9.17, 15) is 18.0 Å². The first-order valence-electron chi connectivity index (χ1n) is 9.62. The largest absolute Gasteiger partial charge is 0.353 e. The molecule has 2 aromatic rings. The van der Waals surface area contributed by atoms with Crippen LogP contribution in [0.4, 0.5) is 16.3 Å². The zero-order valence-electron chi connectivity index (χ0n) is 16.7. The molecule has 1 aliphatic rings. The molecule has 0 radical (unpaired) electrons. The van der Waals surface area contributed by atoms with Gasteiger partial charge in [0.05, 0.1) is 4.90 Å². The van der Waals surface area contributed by atoms with Gasteiger partial charge in [0, 0.05) is 57.3 Å². The van der Waals surface area contributed by atoms with Gasteiger partial charge in [-0.2, -0.15) is 0 Å². The number of rotatable bonds is 6. The summed E-state index contributed by atoms with van der Waals surface area (Å²) in [6, 6.07) is 11.2. The molecule has 10 heteroatoms. The van der Waals surface area contributed by atoms with Gasteiger partial charge in [-0.3, -0.25) is 4.79 Å². The first-order valence-corrected chi connectivity index (χ1v) is 11.5. The maximum absolute atomic E-state index is 12.4. The highest BCUT2D eigenvalue weighted by Gasteiger charge is 2.21. The van der Waals surface area contributed by atoms with E-state index in [1.807, 2.05) is 18.2 Å². The van der Waals surface area contributed by atoms with E-state index in [0.717, 1.165) is 25.2 Å². The summed E-state index contributed by atoms with van der Waals surface area (Å²) < 4.78 is 22.9. The number of hydrogen-bond acceptors (Lipinski definition) is 6. The third kappa shape index (κ3) is 5.93. The molecular formula is C20H25N5O4S. The molecule has 3 rings (SSSR count). The second kappa shape index (κ2) is 9.57. The van der Waals surface area contributed by atoms with Crippen molar-refractivity contribution in [2.45, 2.75) is 11.3 Å². The molecule has 1 saturated heterocycles. The van der Waals surface area contributed by atoms with Crippen molar-refractivity contribution in [3.63, 3.8) is 0 Å². The van der Waals surface area contributed by atoms with E-state index in [0.29, 0.717) is 18.8 Å². The second-order valence-corrected chi connectivity index (χ2v) is 9.00. The fourth-order valence-corrected chi connectivity index (χ4v) is 3.76. The van der Waals surface area contributed by atoms with Crippen LogP contribution in [0.5, 0.6) is 0 Å². The number of carbonyl (C=O) groups is 2. The number of carbonyl (C=O) groups excluding carboxylic acids is 2. The van der Waals surface area contributed by atoms with Crippen LogP contribution in [0, 0.1) is 0 Å². The van der Waals surface area contributed by atoms with E-state index in [1.165, 1.54) is 24.3 Å². The minimum absolute atomic E-state index is 0.00604. The zero-order valence-corrected chi connectivity index (χ0v) is 17.6. The fraction of sp³-hybridized carbons (Fsp3) is 0.350. The van der Waals surface area contributed by atoms with E-state index < -0.39 is 15.9 Å². The van der Waals surface area contributed by atoms with Crippen LogP contribution in [-0.2, 0) is 14.6 Å². The molecule has 0 unspecified atom stereocenters. The molecule has 0 saturated carbocycles. The maximum atomic E-state index is 12.4. The van der Waals surface area contributed by atoms with Gasteiger partial charge in [-0.1, -0.05) is 6.07 Å². The van der Waals surface area contributed by atoms with Gasteiger partial charge in [0.1, 0.15) is 5.82 Å². The van der Waals surface area contributed by atoms with E-state index in [1.54, 1.807) is 11.1 Å². The summed E-state index contributed by atoms with van der Waals surface area (Å²) in [7, 11) is -3.28. The molecule has 2 heterocycles. The first kappa shape index (κ1) is 21.6. The lowest BCUT2D eigenvalue weighted by Gasteiger charge is -2.35. The summed E-state index contributed by atoms with van der Waals surface area (Å²) >= 11 is 0. The number of anilines is 2. The van der Waals surface area contributed by atoms with Crippen molar-refractivity contribution in [2.75, 3.05) is 49.2 Å². The van der Waals surface area contributed by atoms with E-state index in [4.69, 9.17) is 0 Å². The van der Waals surface area contributed by atoms with E-state index in [2.05, 4.69) is 20.5 Å². The number of aromatic nitrogens is 1. The summed E-state index contributed by atoms with van der Waals surface area (Å²) in [5, 5.41) is 5.26. The normalized spacial score (nSPS) is 14.3. The molecule has 9 nitrogen and oxygen atoms in total. The topological polar surface area (TPSA) is 112 Å². The van der Waals surface area contributed by atoms with Gasteiger partial charge in [-0.25, -0.2) is 18.2 Å². The quantitative estimate of drug-likeness (QED) is 0.714. The number of hydrogen-bond donors (Lipinski definition) is 2. The van der Waals surface area contributed by atoms with Gasteiger partial charge >= 0.3 is 6.03 Å². The fourth-order valence-electron chi connectivity index (χ4n) is 3.13. The van der Waals surface area contributed by atoms with Crippen LogP contribution in [0.3, 0.4) is 0 Å². The molecule has 0 spiro atoms. The molecule has 0 atom stereocenters. The molecule has 160 valence electrons. The van der Waals surface area contributed by atoms with Gasteiger partial charge in [0.25, 0.3) is 0 Å². The highest BCUT2D eigenvalue weighted by Crippen LogP contribution is 2.14. The molecular weight excluding hydrogens is 406 g/mol. The van der Waals surface area contributed by atoms with Crippen molar-refractivity contribution in [3.05, 3.63) is 48.7 Å². The van der Waals surface area contributed by atoms with Gasteiger partial charge in [-0.05, 0) is 36.4 Å². The Morgan fingerprint density at radius 2 is 1.73 bits per heavy atom. The average molecular weight is 432 g/mol. The lowest BCUT2D eigenvalue weighted by Crippen LogP contribution is -2.49. The van der Waals surface area contributed by atoms with Gasteiger partial charge in [0.2, 0.25) is 5.91 Å². The Kier molecular flexibility index (Phi) is 6.88. The maximum Gasteiger partial charge on any atom is 0.319 e. The second-order valence-electron chi connectivity index (χ2n) is 6.98. The molecule has 0 bridgehead atoms. The van der Waals surface area contributed by atoms with E-state index >= 15 is 0 Å². The Balaban J connectivity index is 1.38. The highest BCUT2D eigenvalue weighted by molar-refractivity contribution is 7.90. The van der Waals surface area contributed by atoms with Gasteiger partial charge in [-0.15, -0.1) is 0 Å². The molecule has 2 N–H and O–H groups in total. The monoisotopic (exact) mass is 431 g/mol. The first-order chi connectivity index (χ1) is 14.3. The Morgan fingerprint density at radius 1 is 1.03 bits per heavy atom. The van der Waals surface area contributed by atoms with E-state index in [-0.39, 0.29) is 23.8 Å². The summed E-state index contributed by atoms with van der Waals surface area (Å²) in [4.78, 5) is 32.8. The van der Waals surface area contributed by atoms with Crippen molar-refractivity contribution in [3.8, 4) is 0 Å². The number of benzene rings is 1. The van der Waals surface area contributed by atoms with Gasteiger partial charge in [0.15, 0.2) is 9.84 Å². The van der Waals surface area contributed by atoms with Crippen molar-refractivity contribution < 1.29 is 18.0 Å². The standard InChI is InChI=1S/C20H25N5O4S/c1-30(28,29)17-7-5-16(6-8-17)23-20(27)22-11-9-19(26)25-14-12-24(13-15-25)18-4-2-3-10-21-18/h2-8,10H,9,11-15H2,1H3,(H2,22,23,27). The number of amides is 3. The van der Waals surface area contributed by atoms with Crippen LogP contribution in [-0.4, -0.2) is 69.2 Å². The molecule has 1 aliphatic heterocycles. The zero-order chi connectivity index (χ0) is 21.6. The lowest BCUT2D eigenvalue weighted by molar-refractivity contribution is -0.131. The number of pyridine rings is 1. The smallest absolute Gasteiger partial charge is 0.319 e. The lowest BCUT2D eigenvalue weighted by atomic mass is 10.2. The molecule has 0 aliphatic carbocycles. The van der Waals surface area contributed by atoms with Crippen LogP contribution >= 0.6 is 0 Å². The predicted molar refractivity (Wildman–Crippen MR) is 114 cm³/mol. The summed E-state index contributed by atoms with van der Waals surface area (Å²) in [6.45, 7) is 2.90. The van der Waals surface area contributed by atoms with Crippen LogP contribution in [0.15, 0.2) is 53.6 Å². The Morgan fingerprint density at radius 3 is 2.33 bits per heavy atom. The SMILES string of the molecule is CS(=O)(=O)c1ccc(NC(=O)NCCC(=O)N2CCN(c3ccccn3)CC2)cc1.